The molecule has 0 radical (unpaired) electrons. The van der Waals surface area contributed by atoms with Gasteiger partial charge in [-0.1, -0.05) is 15.9 Å². The summed E-state index contributed by atoms with van der Waals surface area (Å²) >= 11 is 4.91. The van der Waals surface area contributed by atoms with Gasteiger partial charge < -0.3 is 0 Å². The van der Waals surface area contributed by atoms with E-state index in [4.69, 9.17) is 0 Å². The monoisotopic (exact) mass is 322 g/mol. The van der Waals surface area contributed by atoms with Gasteiger partial charge in [-0.05, 0) is 48.2 Å². The Morgan fingerprint density at radius 1 is 1.33 bits per heavy atom. The number of hydrogen-bond donors (Lipinski definition) is 1. The Labute approximate surface area is 118 Å². The average Bonchev–Trinajstić information content (AvgIpc) is 2.76. The fourth-order valence-corrected chi connectivity index (χ4v) is 2.38. The summed E-state index contributed by atoms with van der Waals surface area (Å²) < 4.78 is 0.941. The van der Waals surface area contributed by atoms with Gasteiger partial charge in [0, 0.05) is 14.9 Å². The highest BCUT2D eigenvalue weighted by atomic mass is 79.9. The van der Waals surface area contributed by atoms with E-state index < -0.39 is 0 Å². The van der Waals surface area contributed by atoms with E-state index in [0.717, 1.165) is 14.9 Å². The molecule has 18 heavy (non-hydrogen) atoms. The Morgan fingerprint density at radius 2 is 2.06 bits per heavy atom. The third-order valence-electron chi connectivity index (χ3n) is 2.36. The maximum absolute atomic E-state index is 11.7. The summed E-state index contributed by atoms with van der Waals surface area (Å²) in [7, 11) is 0. The molecule has 3 nitrogen and oxygen atoms in total. The molecule has 0 bridgehead atoms. The van der Waals surface area contributed by atoms with E-state index in [1.54, 1.807) is 29.7 Å². The maximum atomic E-state index is 11.7. The largest absolute Gasteiger partial charge is 0.271 e. The Morgan fingerprint density at radius 3 is 2.67 bits per heavy atom. The molecule has 2 rings (SSSR count). The quantitative estimate of drug-likeness (QED) is 0.681. The molecule has 1 heterocycles. The highest BCUT2D eigenvalue weighted by Crippen LogP contribution is 2.12. The second-order valence-corrected chi connectivity index (χ2v) is 5.54. The lowest BCUT2D eigenvalue weighted by Crippen LogP contribution is -2.17. The SMILES string of the molecule is Cc1ccsc1C=NNC(=O)c1ccc(Br)cc1. The summed E-state index contributed by atoms with van der Waals surface area (Å²) in [6.45, 7) is 2.01. The molecule has 1 aromatic carbocycles. The molecule has 0 aliphatic rings. The van der Waals surface area contributed by atoms with Gasteiger partial charge in [0.1, 0.15) is 0 Å². The number of carbonyl (C=O) groups is 1. The van der Waals surface area contributed by atoms with E-state index in [-0.39, 0.29) is 5.91 Å². The molecule has 0 aliphatic carbocycles. The molecule has 0 saturated heterocycles. The lowest BCUT2D eigenvalue weighted by molar-refractivity contribution is 0.0955. The number of amides is 1. The van der Waals surface area contributed by atoms with Gasteiger partial charge >= 0.3 is 0 Å². The molecule has 0 aliphatic heterocycles. The number of hydrogen-bond acceptors (Lipinski definition) is 3. The number of nitrogens with one attached hydrogen (secondary N) is 1. The second kappa shape index (κ2) is 5.93. The van der Waals surface area contributed by atoms with Crippen LogP contribution in [-0.4, -0.2) is 12.1 Å². The molecule has 0 fully saturated rings. The number of nitrogens with zero attached hydrogens (tertiary/aromatic N) is 1. The number of halogens is 1. The van der Waals surface area contributed by atoms with Gasteiger partial charge in [-0.15, -0.1) is 11.3 Å². The van der Waals surface area contributed by atoms with E-state index in [0.29, 0.717) is 5.56 Å². The van der Waals surface area contributed by atoms with Crippen molar-refractivity contribution in [3.63, 3.8) is 0 Å². The molecule has 0 atom stereocenters. The molecule has 5 heteroatoms. The maximum Gasteiger partial charge on any atom is 0.271 e. The van der Waals surface area contributed by atoms with Gasteiger partial charge in [0.2, 0.25) is 0 Å². The van der Waals surface area contributed by atoms with Crippen LogP contribution in [0.5, 0.6) is 0 Å². The van der Waals surface area contributed by atoms with Crippen LogP contribution < -0.4 is 5.43 Å². The summed E-state index contributed by atoms with van der Waals surface area (Å²) in [5.74, 6) is -0.215. The fourth-order valence-electron chi connectivity index (χ4n) is 1.33. The van der Waals surface area contributed by atoms with Crippen LogP contribution in [0, 0.1) is 6.92 Å². The van der Waals surface area contributed by atoms with Crippen LogP contribution in [0.2, 0.25) is 0 Å². The number of aryl methyl sites for hydroxylation is 1. The highest BCUT2D eigenvalue weighted by Gasteiger charge is 2.03. The standard InChI is InChI=1S/C13H11BrN2OS/c1-9-6-7-18-12(9)8-15-16-13(17)10-2-4-11(14)5-3-10/h2-8H,1H3,(H,16,17). The van der Waals surface area contributed by atoms with Gasteiger partial charge in [0.05, 0.1) is 6.21 Å². The van der Waals surface area contributed by atoms with Crippen molar-refractivity contribution < 1.29 is 4.79 Å². The zero-order valence-electron chi connectivity index (χ0n) is 9.68. The van der Waals surface area contributed by atoms with Crippen molar-refractivity contribution in [2.75, 3.05) is 0 Å². The molecule has 1 amide bonds. The lowest BCUT2D eigenvalue weighted by Gasteiger charge is -1.99. The normalized spacial score (nSPS) is 10.8. The van der Waals surface area contributed by atoms with Crippen molar-refractivity contribution in [3.05, 3.63) is 56.2 Å². The van der Waals surface area contributed by atoms with Crippen molar-refractivity contribution in [1.29, 1.82) is 0 Å². The second-order valence-electron chi connectivity index (χ2n) is 3.67. The van der Waals surface area contributed by atoms with Crippen LogP contribution in [0.25, 0.3) is 0 Å². The molecular weight excluding hydrogens is 312 g/mol. The number of benzene rings is 1. The minimum Gasteiger partial charge on any atom is -0.267 e. The Kier molecular flexibility index (Phi) is 4.28. The van der Waals surface area contributed by atoms with E-state index >= 15 is 0 Å². The topological polar surface area (TPSA) is 41.5 Å². The first-order chi connectivity index (χ1) is 8.66. The van der Waals surface area contributed by atoms with Gasteiger partial charge in [-0.2, -0.15) is 5.10 Å². The van der Waals surface area contributed by atoms with Crippen LogP contribution in [0.4, 0.5) is 0 Å². The summed E-state index contributed by atoms with van der Waals surface area (Å²) in [6.07, 6.45) is 1.66. The Bertz CT molecular complexity index is 575. The van der Waals surface area contributed by atoms with Crippen molar-refractivity contribution in [2.24, 2.45) is 5.10 Å². The molecule has 2 aromatic rings. The first kappa shape index (κ1) is 13.0. The Hall–Kier alpha value is -1.46. The van der Waals surface area contributed by atoms with Crippen LogP contribution in [-0.2, 0) is 0 Å². The summed E-state index contributed by atoms with van der Waals surface area (Å²) in [6, 6.07) is 9.14. The van der Waals surface area contributed by atoms with Crippen molar-refractivity contribution in [2.45, 2.75) is 6.92 Å². The van der Waals surface area contributed by atoms with Crippen LogP contribution in [0.1, 0.15) is 20.8 Å². The summed E-state index contributed by atoms with van der Waals surface area (Å²) in [4.78, 5) is 12.8. The molecule has 0 spiro atoms. The minimum atomic E-state index is -0.215. The fraction of sp³-hybridized carbons (Fsp3) is 0.0769. The van der Waals surface area contributed by atoms with Gasteiger partial charge in [-0.25, -0.2) is 5.43 Å². The predicted octanol–water partition coefficient (Wildman–Crippen LogP) is 3.58. The Balaban J connectivity index is 1.98. The van der Waals surface area contributed by atoms with Crippen molar-refractivity contribution in [3.8, 4) is 0 Å². The number of hydrazone groups is 1. The summed E-state index contributed by atoms with van der Waals surface area (Å²) in [5, 5.41) is 5.94. The molecule has 1 aromatic heterocycles. The van der Waals surface area contributed by atoms with Gasteiger partial charge in [0.25, 0.3) is 5.91 Å². The number of thiophene rings is 1. The van der Waals surface area contributed by atoms with Gasteiger partial charge in [0.15, 0.2) is 0 Å². The van der Waals surface area contributed by atoms with E-state index in [1.807, 2.05) is 30.5 Å². The third-order valence-corrected chi connectivity index (χ3v) is 3.84. The lowest BCUT2D eigenvalue weighted by atomic mass is 10.2. The van der Waals surface area contributed by atoms with Gasteiger partial charge in [-0.3, -0.25) is 4.79 Å². The predicted molar refractivity (Wildman–Crippen MR) is 78.3 cm³/mol. The summed E-state index contributed by atoms with van der Waals surface area (Å²) in [5.41, 5.74) is 4.24. The zero-order valence-corrected chi connectivity index (χ0v) is 12.1. The van der Waals surface area contributed by atoms with Crippen molar-refractivity contribution >= 4 is 39.4 Å². The molecule has 0 saturated carbocycles. The van der Waals surface area contributed by atoms with E-state index in [9.17, 15) is 4.79 Å². The third kappa shape index (κ3) is 3.27. The average molecular weight is 323 g/mol. The molecule has 92 valence electrons. The first-order valence-corrected chi connectivity index (χ1v) is 6.97. The van der Waals surface area contributed by atoms with Crippen LogP contribution in [0.3, 0.4) is 0 Å². The highest BCUT2D eigenvalue weighted by molar-refractivity contribution is 9.10. The molecule has 0 unspecified atom stereocenters. The molecule has 1 N–H and O–H groups in total. The van der Waals surface area contributed by atoms with Crippen LogP contribution >= 0.6 is 27.3 Å². The number of carbonyl (C=O) groups excluding carboxylic acids is 1. The van der Waals surface area contributed by atoms with E-state index in [1.165, 1.54) is 0 Å². The minimum absolute atomic E-state index is 0.215. The molecular formula is C13H11BrN2OS. The first-order valence-electron chi connectivity index (χ1n) is 5.30. The smallest absolute Gasteiger partial charge is 0.267 e. The zero-order chi connectivity index (χ0) is 13.0. The number of rotatable bonds is 3. The van der Waals surface area contributed by atoms with E-state index in [2.05, 4.69) is 26.5 Å². The van der Waals surface area contributed by atoms with Crippen molar-refractivity contribution in [1.82, 2.24) is 5.43 Å². The van der Waals surface area contributed by atoms with Crippen LogP contribution in [0.15, 0.2) is 45.3 Å².